The van der Waals surface area contributed by atoms with Crippen molar-refractivity contribution in [2.45, 2.75) is 20.8 Å². The lowest BCUT2D eigenvalue weighted by atomic mass is 9.95. The molecule has 0 saturated heterocycles. The van der Waals surface area contributed by atoms with Crippen LogP contribution in [0.25, 0.3) is 0 Å². The molecule has 0 unspecified atom stereocenters. The maximum atomic E-state index is 10.8. The van der Waals surface area contributed by atoms with Gasteiger partial charge in [-0.1, -0.05) is 11.8 Å². The Bertz CT molecular complexity index is 495. The Hall–Kier alpha value is -1.86. The molecule has 1 aromatic rings. The molecule has 2 N–H and O–H groups in total. The Morgan fingerprint density at radius 1 is 1.47 bits per heavy atom. The Labute approximate surface area is 100 Å². The fourth-order valence-electron chi connectivity index (χ4n) is 1.13. The molecule has 0 amide bonds. The van der Waals surface area contributed by atoms with Crippen molar-refractivity contribution >= 4 is 5.97 Å². The van der Waals surface area contributed by atoms with E-state index in [0.717, 1.165) is 0 Å². The average molecular weight is 233 g/mol. The number of aliphatic hydroxyl groups excluding tert-OH is 1. The largest absolute Gasteiger partial charge is 0.477 e. The highest BCUT2D eigenvalue weighted by molar-refractivity contribution is 5.85. The molecule has 0 aliphatic carbocycles. The summed E-state index contributed by atoms with van der Waals surface area (Å²) < 4.78 is 0. The van der Waals surface area contributed by atoms with Crippen LogP contribution in [0.15, 0.2) is 12.1 Å². The number of rotatable bonds is 2. The van der Waals surface area contributed by atoms with Gasteiger partial charge in [-0.15, -0.1) is 0 Å². The van der Waals surface area contributed by atoms with E-state index in [-0.39, 0.29) is 12.3 Å². The quantitative estimate of drug-likeness (QED) is 0.759. The number of carboxylic acid groups (broad SMARTS) is 1. The van der Waals surface area contributed by atoms with Crippen LogP contribution >= 0.6 is 0 Å². The standard InChI is InChI=1S/C13H15NO3/c1-9-6-10(4-5-13(2,3)8-15)7-11(14-9)12(16)17/h6-7,15H,8H2,1-3H3,(H,16,17). The summed E-state index contributed by atoms with van der Waals surface area (Å²) in [4.78, 5) is 14.7. The van der Waals surface area contributed by atoms with E-state index in [4.69, 9.17) is 10.2 Å². The second kappa shape index (κ2) is 4.98. The first-order valence-corrected chi connectivity index (χ1v) is 5.20. The van der Waals surface area contributed by atoms with Crippen molar-refractivity contribution < 1.29 is 15.0 Å². The van der Waals surface area contributed by atoms with Gasteiger partial charge in [-0.05, 0) is 32.9 Å². The molecule has 0 aliphatic heterocycles. The topological polar surface area (TPSA) is 70.4 Å². The van der Waals surface area contributed by atoms with Gasteiger partial charge in [0.25, 0.3) is 0 Å². The Balaban J connectivity index is 3.12. The molecule has 4 nitrogen and oxygen atoms in total. The smallest absolute Gasteiger partial charge is 0.354 e. The molecule has 0 spiro atoms. The minimum atomic E-state index is -1.07. The number of pyridine rings is 1. The lowest BCUT2D eigenvalue weighted by molar-refractivity contribution is 0.0690. The molecule has 0 fully saturated rings. The maximum Gasteiger partial charge on any atom is 0.354 e. The van der Waals surface area contributed by atoms with Crippen LogP contribution in [-0.2, 0) is 0 Å². The SMILES string of the molecule is Cc1cc(C#CC(C)(C)CO)cc(C(=O)O)n1. The molecule has 1 aromatic heterocycles. The highest BCUT2D eigenvalue weighted by atomic mass is 16.4. The fraction of sp³-hybridized carbons (Fsp3) is 0.385. The summed E-state index contributed by atoms with van der Waals surface area (Å²) in [6.07, 6.45) is 0. The summed E-state index contributed by atoms with van der Waals surface area (Å²) >= 11 is 0. The first kappa shape index (κ1) is 13.2. The summed E-state index contributed by atoms with van der Waals surface area (Å²) in [6, 6.07) is 3.14. The van der Waals surface area contributed by atoms with Crippen molar-refractivity contribution in [3.05, 3.63) is 29.1 Å². The minimum absolute atomic E-state index is 0.0175. The zero-order valence-corrected chi connectivity index (χ0v) is 10.1. The first-order chi connectivity index (χ1) is 7.84. The van der Waals surface area contributed by atoms with Gasteiger partial charge in [0, 0.05) is 16.7 Å². The first-order valence-electron chi connectivity index (χ1n) is 5.20. The second-order valence-electron chi connectivity index (χ2n) is 4.48. The van der Waals surface area contributed by atoms with E-state index in [0.29, 0.717) is 11.3 Å². The summed E-state index contributed by atoms with van der Waals surface area (Å²) in [5.74, 6) is 4.69. The van der Waals surface area contributed by atoms with Gasteiger partial charge in [-0.25, -0.2) is 9.78 Å². The second-order valence-corrected chi connectivity index (χ2v) is 4.48. The van der Waals surface area contributed by atoms with Gasteiger partial charge in [0.05, 0.1) is 6.61 Å². The van der Waals surface area contributed by atoms with Crippen LogP contribution in [0.4, 0.5) is 0 Å². The number of aliphatic hydroxyl groups is 1. The molecule has 0 aliphatic rings. The number of aryl methyl sites for hydroxylation is 1. The molecule has 17 heavy (non-hydrogen) atoms. The predicted octanol–water partition coefficient (Wildman–Crippen LogP) is 1.46. The zero-order valence-electron chi connectivity index (χ0n) is 10.1. The molecule has 0 radical (unpaired) electrons. The van der Waals surface area contributed by atoms with Gasteiger partial charge in [0.15, 0.2) is 0 Å². The van der Waals surface area contributed by atoms with E-state index >= 15 is 0 Å². The van der Waals surface area contributed by atoms with Crippen molar-refractivity contribution in [3.8, 4) is 11.8 Å². The summed E-state index contributed by atoms with van der Waals surface area (Å²) in [5, 5.41) is 17.9. The Morgan fingerprint density at radius 3 is 2.65 bits per heavy atom. The van der Waals surface area contributed by atoms with E-state index < -0.39 is 11.4 Å². The van der Waals surface area contributed by atoms with Crippen LogP contribution in [0, 0.1) is 24.2 Å². The highest BCUT2D eigenvalue weighted by Gasteiger charge is 2.12. The van der Waals surface area contributed by atoms with Gasteiger partial charge in [0.1, 0.15) is 5.69 Å². The molecule has 0 atom stereocenters. The number of nitrogens with zero attached hydrogens (tertiary/aromatic N) is 1. The maximum absolute atomic E-state index is 10.8. The van der Waals surface area contributed by atoms with Crippen molar-refractivity contribution in [2.24, 2.45) is 5.41 Å². The van der Waals surface area contributed by atoms with Crippen LogP contribution in [0.5, 0.6) is 0 Å². The summed E-state index contributed by atoms with van der Waals surface area (Å²) in [7, 11) is 0. The van der Waals surface area contributed by atoms with E-state index in [2.05, 4.69) is 16.8 Å². The fourth-order valence-corrected chi connectivity index (χ4v) is 1.13. The number of hydrogen-bond donors (Lipinski definition) is 2. The lowest BCUT2D eigenvalue weighted by Gasteiger charge is -2.11. The molecule has 0 bridgehead atoms. The molecule has 90 valence electrons. The van der Waals surface area contributed by atoms with Crippen LogP contribution < -0.4 is 0 Å². The third-order valence-corrected chi connectivity index (χ3v) is 2.11. The molecule has 0 saturated carbocycles. The predicted molar refractivity (Wildman–Crippen MR) is 63.7 cm³/mol. The summed E-state index contributed by atoms with van der Waals surface area (Å²) in [6.45, 7) is 5.29. The molecular formula is C13H15NO3. The molecule has 1 rings (SSSR count). The van der Waals surface area contributed by atoms with Crippen LogP contribution in [0.1, 0.15) is 35.6 Å². The number of carboxylic acids is 1. The molecule has 4 heteroatoms. The van der Waals surface area contributed by atoms with Crippen molar-refractivity contribution in [1.82, 2.24) is 4.98 Å². The van der Waals surface area contributed by atoms with Gasteiger partial charge >= 0.3 is 5.97 Å². The van der Waals surface area contributed by atoms with Crippen molar-refractivity contribution in [3.63, 3.8) is 0 Å². The van der Waals surface area contributed by atoms with Crippen LogP contribution in [-0.4, -0.2) is 27.8 Å². The zero-order chi connectivity index (χ0) is 13.1. The Kier molecular flexibility index (Phi) is 3.87. The van der Waals surface area contributed by atoms with Gasteiger partial charge in [-0.3, -0.25) is 0 Å². The summed E-state index contributed by atoms with van der Waals surface area (Å²) in [5.41, 5.74) is 0.684. The van der Waals surface area contributed by atoms with E-state index in [1.54, 1.807) is 13.0 Å². The third-order valence-electron chi connectivity index (χ3n) is 2.11. The number of aromatic nitrogens is 1. The number of aromatic carboxylic acids is 1. The molecule has 0 aromatic carbocycles. The number of carbonyl (C=O) groups is 1. The van der Waals surface area contributed by atoms with Crippen molar-refractivity contribution in [1.29, 1.82) is 0 Å². The van der Waals surface area contributed by atoms with E-state index in [9.17, 15) is 4.79 Å². The normalized spacial score (nSPS) is 10.6. The highest BCUT2D eigenvalue weighted by Crippen LogP contribution is 2.12. The molecular weight excluding hydrogens is 218 g/mol. The van der Waals surface area contributed by atoms with Crippen LogP contribution in [0.3, 0.4) is 0 Å². The molecule has 1 heterocycles. The van der Waals surface area contributed by atoms with Crippen molar-refractivity contribution in [2.75, 3.05) is 6.61 Å². The average Bonchev–Trinajstić information content (AvgIpc) is 2.26. The lowest BCUT2D eigenvalue weighted by Crippen LogP contribution is -2.13. The van der Waals surface area contributed by atoms with Gasteiger partial charge in [0.2, 0.25) is 0 Å². The van der Waals surface area contributed by atoms with E-state index in [1.807, 2.05) is 13.8 Å². The van der Waals surface area contributed by atoms with Gasteiger partial charge in [-0.2, -0.15) is 0 Å². The number of hydrogen-bond acceptors (Lipinski definition) is 3. The van der Waals surface area contributed by atoms with Crippen LogP contribution in [0.2, 0.25) is 0 Å². The third kappa shape index (κ3) is 3.89. The monoisotopic (exact) mass is 233 g/mol. The Morgan fingerprint density at radius 2 is 2.12 bits per heavy atom. The van der Waals surface area contributed by atoms with E-state index in [1.165, 1.54) is 6.07 Å². The minimum Gasteiger partial charge on any atom is -0.477 e. The van der Waals surface area contributed by atoms with Gasteiger partial charge < -0.3 is 10.2 Å².